The van der Waals surface area contributed by atoms with Crippen LogP contribution in [0.25, 0.3) is 0 Å². The molecule has 2 aliphatic carbocycles. The van der Waals surface area contributed by atoms with Gasteiger partial charge in [0.15, 0.2) is 0 Å². The lowest BCUT2D eigenvalue weighted by atomic mass is 9.98. The maximum absolute atomic E-state index is 12.5. The van der Waals surface area contributed by atoms with E-state index in [9.17, 15) is 9.90 Å². The second kappa shape index (κ2) is 6.29. The van der Waals surface area contributed by atoms with Crippen molar-refractivity contribution in [1.82, 2.24) is 10.2 Å². The van der Waals surface area contributed by atoms with Crippen molar-refractivity contribution in [3.05, 3.63) is 35.4 Å². The van der Waals surface area contributed by atoms with Crippen LogP contribution < -0.4 is 5.32 Å². The van der Waals surface area contributed by atoms with E-state index in [2.05, 4.69) is 24.4 Å². The van der Waals surface area contributed by atoms with Crippen molar-refractivity contribution in [2.45, 2.75) is 44.8 Å². The summed E-state index contributed by atoms with van der Waals surface area (Å²) in [6.07, 6.45) is 4.14. The molecule has 4 nitrogen and oxygen atoms in total. The Bertz CT molecular complexity index is 538. The summed E-state index contributed by atoms with van der Waals surface area (Å²) in [5.41, 5.74) is 2.44. The van der Waals surface area contributed by atoms with Gasteiger partial charge >= 0.3 is 6.03 Å². The summed E-state index contributed by atoms with van der Waals surface area (Å²) in [7, 11) is 1.77. The second-order valence-corrected chi connectivity index (χ2v) is 6.91. The molecular weight excluding hydrogens is 276 g/mol. The molecular formula is C18H26N2O2. The number of benzene rings is 1. The Morgan fingerprint density at radius 1 is 1.27 bits per heavy atom. The highest BCUT2D eigenvalue weighted by Gasteiger charge is 2.35. The van der Waals surface area contributed by atoms with E-state index >= 15 is 0 Å². The zero-order chi connectivity index (χ0) is 15.7. The molecule has 0 radical (unpaired) electrons. The number of carbonyl (C=O) groups excluding carboxylic acids is 1. The van der Waals surface area contributed by atoms with Gasteiger partial charge in [0, 0.05) is 13.6 Å². The SMILES string of the molecule is Cc1ccccc1[C@H](NC(=O)N(C)C[C@H](O)C1CC1)C1CC1. The first-order valence-electron chi connectivity index (χ1n) is 8.31. The number of nitrogens with one attached hydrogen (secondary N) is 1. The summed E-state index contributed by atoms with van der Waals surface area (Å²) in [5, 5.41) is 13.2. The first-order chi connectivity index (χ1) is 10.6. The molecule has 0 spiro atoms. The summed E-state index contributed by atoms with van der Waals surface area (Å²) >= 11 is 0. The third-order valence-corrected chi connectivity index (χ3v) is 4.87. The lowest BCUT2D eigenvalue weighted by molar-refractivity contribution is 0.112. The van der Waals surface area contributed by atoms with E-state index in [1.807, 2.05) is 12.1 Å². The third-order valence-electron chi connectivity index (χ3n) is 4.87. The number of hydrogen-bond donors (Lipinski definition) is 2. The van der Waals surface area contributed by atoms with Crippen LogP contribution in [0.3, 0.4) is 0 Å². The minimum absolute atomic E-state index is 0.0835. The topological polar surface area (TPSA) is 52.6 Å². The highest BCUT2D eigenvalue weighted by molar-refractivity contribution is 5.74. The number of carbonyl (C=O) groups is 1. The molecule has 0 unspecified atom stereocenters. The second-order valence-electron chi connectivity index (χ2n) is 6.91. The normalized spacial score (nSPS) is 20.3. The fourth-order valence-corrected chi connectivity index (χ4v) is 3.05. The molecule has 22 heavy (non-hydrogen) atoms. The predicted molar refractivity (Wildman–Crippen MR) is 86.5 cm³/mol. The summed E-state index contributed by atoms with van der Waals surface area (Å²) < 4.78 is 0. The van der Waals surface area contributed by atoms with Crippen molar-refractivity contribution in [2.75, 3.05) is 13.6 Å². The van der Waals surface area contributed by atoms with Crippen molar-refractivity contribution < 1.29 is 9.90 Å². The van der Waals surface area contributed by atoms with Crippen LogP contribution in [0.1, 0.15) is 42.9 Å². The maximum atomic E-state index is 12.5. The Morgan fingerprint density at radius 2 is 1.91 bits per heavy atom. The van der Waals surface area contributed by atoms with E-state index in [0.29, 0.717) is 18.4 Å². The van der Waals surface area contributed by atoms with Crippen LogP contribution in [-0.2, 0) is 0 Å². The Labute approximate surface area is 132 Å². The Hall–Kier alpha value is -1.55. The predicted octanol–water partition coefficient (Wildman–Crippen LogP) is 2.86. The molecule has 3 rings (SSSR count). The smallest absolute Gasteiger partial charge is 0.317 e. The van der Waals surface area contributed by atoms with Crippen molar-refractivity contribution >= 4 is 6.03 Å². The summed E-state index contributed by atoms with van der Waals surface area (Å²) in [6.45, 7) is 2.51. The molecule has 0 aliphatic heterocycles. The van der Waals surface area contributed by atoms with Crippen molar-refractivity contribution in [2.24, 2.45) is 11.8 Å². The average Bonchev–Trinajstić information content (AvgIpc) is 3.38. The number of hydrogen-bond acceptors (Lipinski definition) is 2. The molecule has 4 heteroatoms. The monoisotopic (exact) mass is 302 g/mol. The quantitative estimate of drug-likeness (QED) is 0.849. The van der Waals surface area contributed by atoms with Crippen molar-refractivity contribution in [3.8, 4) is 0 Å². The van der Waals surface area contributed by atoms with Crippen LogP contribution in [-0.4, -0.2) is 35.7 Å². The number of amides is 2. The fraction of sp³-hybridized carbons (Fsp3) is 0.611. The average molecular weight is 302 g/mol. The molecule has 0 heterocycles. The molecule has 2 aliphatic rings. The van der Waals surface area contributed by atoms with Gasteiger partial charge in [-0.05, 0) is 55.6 Å². The number of aliphatic hydroxyl groups is 1. The fourth-order valence-electron chi connectivity index (χ4n) is 3.05. The van der Waals surface area contributed by atoms with Crippen LogP contribution in [0.5, 0.6) is 0 Å². The number of rotatable bonds is 6. The van der Waals surface area contributed by atoms with Gasteiger partial charge < -0.3 is 15.3 Å². The minimum Gasteiger partial charge on any atom is -0.391 e. The maximum Gasteiger partial charge on any atom is 0.317 e. The Kier molecular flexibility index (Phi) is 4.39. The van der Waals surface area contributed by atoms with Gasteiger partial charge in [0.05, 0.1) is 12.1 Å². The number of aliphatic hydroxyl groups excluding tert-OH is 1. The number of nitrogens with zero attached hydrogens (tertiary/aromatic N) is 1. The highest BCUT2D eigenvalue weighted by atomic mass is 16.3. The molecule has 2 N–H and O–H groups in total. The molecule has 1 aromatic rings. The van der Waals surface area contributed by atoms with Crippen LogP contribution in [0.2, 0.25) is 0 Å². The summed E-state index contributed by atoms with van der Waals surface area (Å²) in [4.78, 5) is 14.1. The standard InChI is InChI=1S/C18H26N2O2/c1-12-5-3-4-6-15(12)17(14-9-10-14)19-18(22)20(2)11-16(21)13-7-8-13/h3-6,13-14,16-17,21H,7-11H2,1-2H3,(H,19,22)/t16-,17+/m0/s1. The van der Waals surface area contributed by atoms with E-state index < -0.39 is 0 Å². The van der Waals surface area contributed by atoms with E-state index in [1.54, 1.807) is 11.9 Å². The zero-order valence-electron chi connectivity index (χ0n) is 13.5. The van der Waals surface area contributed by atoms with Gasteiger partial charge in [0.1, 0.15) is 0 Å². The number of likely N-dealkylation sites (N-methyl/N-ethyl adjacent to an activating group) is 1. The molecule has 1 aromatic carbocycles. The lowest BCUT2D eigenvalue weighted by Crippen LogP contribution is -2.43. The van der Waals surface area contributed by atoms with Crippen LogP contribution >= 0.6 is 0 Å². The van der Waals surface area contributed by atoms with E-state index in [4.69, 9.17) is 0 Å². The molecule has 0 saturated heterocycles. The molecule has 0 aromatic heterocycles. The van der Waals surface area contributed by atoms with Crippen LogP contribution in [0.15, 0.2) is 24.3 Å². The van der Waals surface area contributed by atoms with Gasteiger partial charge in [-0.3, -0.25) is 0 Å². The third kappa shape index (κ3) is 3.61. The van der Waals surface area contributed by atoms with Gasteiger partial charge in [0.25, 0.3) is 0 Å². The largest absolute Gasteiger partial charge is 0.391 e. The van der Waals surface area contributed by atoms with Gasteiger partial charge in [-0.25, -0.2) is 4.79 Å². The van der Waals surface area contributed by atoms with Crippen molar-refractivity contribution in [1.29, 1.82) is 0 Å². The van der Waals surface area contributed by atoms with Crippen LogP contribution in [0.4, 0.5) is 4.79 Å². The Morgan fingerprint density at radius 3 is 2.50 bits per heavy atom. The molecule has 2 amide bonds. The summed E-state index contributed by atoms with van der Waals surface area (Å²) in [5.74, 6) is 0.942. The molecule has 2 fully saturated rings. The highest BCUT2D eigenvalue weighted by Crippen LogP contribution is 2.42. The first kappa shape index (κ1) is 15.3. The number of urea groups is 1. The lowest BCUT2D eigenvalue weighted by Gasteiger charge is -2.26. The zero-order valence-corrected chi connectivity index (χ0v) is 13.5. The molecule has 120 valence electrons. The Balaban J connectivity index is 1.63. The number of aryl methyl sites for hydroxylation is 1. The molecule has 2 saturated carbocycles. The first-order valence-corrected chi connectivity index (χ1v) is 8.31. The minimum atomic E-state index is -0.381. The molecule has 2 atom stereocenters. The van der Waals surface area contributed by atoms with Gasteiger partial charge in [-0.15, -0.1) is 0 Å². The van der Waals surface area contributed by atoms with Gasteiger partial charge in [-0.1, -0.05) is 24.3 Å². The summed E-state index contributed by atoms with van der Waals surface area (Å²) in [6, 6.07) is 8.27. The van der Waals surface area contributed by atoms with Gasteiger partial charge in [-0.2, -0.15) is 0 Å². The van der Waals surface area contributed by atoms with Gasteiger partial charge in [0.2, 0.25) is 0 Å². The van der Waals surface area contributed by atoms with E-state index in [1.165, 1.54) is 24.0 Å². The van der Waals surface area contributed by atoms with Crippen molar-refractivity contribution in [3.63, 3.8) is 0 Å². The molecule has 0 bridgehead atoms. The van der Waals surface area contributed by atoms with E-state index in [0.717, 1.165) is 12.8 Å². The van der Waals surface area contributed by atoms with E-state index in [-0.39, 0.29) is 18.2 Å². The van der Waals surface area contributed by atoms with Crippen LogP contribution in [0, 0.1) is 18.8 Å².